The summed E-state index contributed by atoms with van der Waals surface area (Å²) < 4.78 is 47.6. The Balaban J connectivity index is 1.69. The summed E-state index contributed by atoms with van der Waals surface area (Å²) in [5.41, 5.74) is 0.939. The third-order valence-electron chi connectivity index (χ3n) is 4.98. The molecule has 0 aliphatic carbocycles. The van der Waals surface area contributed by atoms with Crippen molar-refractivity contribution in [1.29, 1.82) is 0 Å². The second kappa shape index (κ2) is 9.29. The molecule has 1 aromatic rings. The van der Waals surface area contributed by atoms with Gasteiger partial charge in [-0.3, -0.25) is 9.42 Å². The molecule has 0 spiro atoms. The standard InChI is InChI=1S/C18H23F2N2O8P/c1-10-7-21(5-4-11-2-3-12(19)6-13(11)20)18(25)22(8-10)17-16(24)15(23)14(30-17)9-29-31(26,27)28/h2-3,6,8,14-17,23-24H,4-5,7,9H2,1H3,(H2,26,27,28)/t14-,15+,16?,17-/m1/s1. The van der Waals surface area contributed by atoms with E-state index in [1.807, 2.05) is 0 Å². The number of hydrogen-bond donors (Lipinski definition) is 4. The molecule has 1 unspecified atom stereocenters. The van der Waals surface area contributed by atoms with Gasteiger partial charge >= 0.3 is 13.9 Å². The number of carbonyl (C=O) groups excluding carboxylic acids is 1. The van der Waals surface area contributed by atoms with Gasteiger partial charge in [-0.25, -0.2) is 18.1 Å². The maximum absolute atomic E-state index is 13.9. The van der Waals surface area contributed by atoms with Gasteiger partial charge in [0.1, 0.15) is 29.9 Å². The van der Waals surface area contributed by atoms with E-state index in [0.29, 0.717) is 5.57 Å². The summed E-state index contributed by atoms with van der Waals surface area (Å²) in [6.45, 7) is 1.35. The summed E-state index contributed by atoms with van der Waals surface area (Å²) in [6.07, 6.45) is -4.17. The Morgan fingerprint density at radius 1 is 1.26 bits per heavy atom. The molecule has 4 atom stereocenters. The predicted molar refractivity (Wildman–Crippen MR) is 101 cm³/mol. The molecule has 2 aliphatic rings. The minimum Gasteiger partial charge on any atom is -0.387 e. The van der Waals surface area contributed by atoms with Crippen LogP contribution in [-0.4, -0.2) is 80.1 Å². The lowest BCUT2D eigenvalue weighted by Crippen LogP contribution is -2.53. The van der Waals surface area contributed by atoms with Gasteiger partial charge in [-0.05, 0) is 30.5 Å². The van der Waals surface area contributed by atoms with E-state index >= 15 is 0 Å². The van der Waals surface area contributed by atoms with Crippen molar-refractivity contribution in [2.75, 3.05) is 19.7 Å². The predicted octanol–water partition coefficient (Wildman–Crippen LogP) is 0.705. The van der Waals surface area contributed by atoms with Crippen molar-refractivity contribution in [3.63, 3.8) is 0 Å². The van der Waals surface area contributed by atoms with E-state index in [-0.39, 0.29) is 25.1 Å². The number of phosphoric acid groups is 1. The van der Waals surface area contributed by atoms with E-state index in [1.54, 1.807) is 6.92 Å². The van der Waals surface area contributed by atoms with Gasteiger partial charge in [0.15, 0.2) is 6.23 Å². The lowest BCUT2D eigenvalue weighted by atomic mass is 10.1. The number of aliphatic hydroxyl groups excluding tert-OH is 2. The topological polar surface area (TPSA) is 140 Å². The number of halogens is 2. The molecular weight excluding hydrogens is 441 g/mol. The van der Waals surface area contributed by atoms with Crippen LogP contribution < -0.4 is 0 Å². The van der Waals surface area contributed by atoms with Crippen molar-refractivity contribution in [3.05, 3.63) is 47.2 Å². The molecule has 2 aliphatic heterocycles. The van der Waals surface area contributed by atoms with Gasteiger partial charge in [0.2, 0.25) is 0 Å². The highest BCUT2D eigenvalue weighted by Crippen LogP contribution is 2.37. The van der Waals surface area contributed by atoms with E-state index in [1.165, 1.54) is 17.2 Å². The SMILES string of the molecule is CC1=CN([C@@H]2O[C@H](COP(=O)(O)O)[C@H](O)C2O)C(=O)N(CCc2ccc(F)cc2F)C1. The zero-order chi connectivity index (χ0) is 22.9. The monoisotopic (exact) mass is 464 g/mol. The van der Waals surface area contributed by atoms with Crippen LogP contribution in [0, 0.1) is 11.6 Å². The van der Waals surface area contributed by atoms with Crippen molar-refractivity contribution in [2.45, 2.75) is 37.9 Å². The van der Waals surface area contributed by atoms with Crippen molar-refractivity contribution < 1.29 is 47.4 Å². The maximum atomic E-state index is 13.9. The molecule has 31 heavy (non-hydrogen) atoms. The number of urea groups is 1. The Bertz CT molecular complexity index is 911. The minimum atomic E-state index is -4.82. The number of aliphatic hydroxyl groups is 2. The lowest BCUT2D eigenvalue weighted by Gasteiger charge is -2.37. The van der Waals surface area contributed by atoms with Gasteiger partial charge in [0, 0.05) is 25.4 Å². The molecule has 0 bridgehead atoms. The molecule has 0 aromatic heterocycles. The van der Waals surface area contributed by atoms with Crippen LogP contribution in [0.15, 0.2) is 30.0 Å². The highest BCUT2D eigenvalue weighted by molar-refractivity contribution is 7.46. The zero-order valence-electron chi connectivity index (χ0n) is 16.5. The summed E-state index contributed by atoms with van der Waals surface area (Å²) in [5, 5.41) is 20.4. The first-order valence-electron chi connectivity index (χ1n) is 9.36. The Morgan fingerprint density at radius 2 is 1.97 bits per heavy atom. The summed E-state index contributed by atoms with van der Waals surface area (Å²) in [7, 11) is -4.82. The van der Waals surface area contributed by atoms with Crippen LogP contribution in [0.2, 0.25) is 0 Å². The average molecular weight is 464 g/mol. The van der Waals surface area contributed by atoms with E-state index < -0.39 is 56.6 Å². The van der Waals surface area contributed by atoms with Crippen LogP contribution in [0.3, 0.4) is 0 Å². The molecule has 0 saturated carbocycles. The molecule has 172 valence electrons. The normalized spacial score (nSPS) is 27.1. The largest absolute Gasteiger partial charge is 0.469 e. The first kappa shape index (κ1) is 23.7. The Labute approximate surface area is 176 Å². The maximum Gasteiger partial charge on any atom is 0.469 e. The quantitative estimate of drug-likeness (QED) is 0.433. The fourth-order valence-electron chi connectivity index (χ4n) is 3.47. The van der Waals surface area contributed by atoms with Gasteiger partial charge < -0.3 is 29.6 Å². The fourth-order valence-corrected chi connectivity index (χ4v) is 3.81. The number of hydrogen-bond acceptors (Lipinski definition) is 6. The molecule has 2 amide bonds. The molecule has 4 N–H and O–H groups in total. The molecule has 0 radical (unpaired) electrons. The first-order valence-corrected chi connectivity index (χ1v) is 10.9. The second-order valence-corrected chi connectivity index (χ2v) is 8.64. The molecule has 10 nitrogen and oxygen atoms in total. The Hall–Kier alpha value is -1.92. The zero-order valence-corrected chi connectivity index (χ0v) is 17.4. The van der Waals surface area contributed by atoms with Crippen molar-refractivity contribution in [3.8, 4) is 0 Å². The average Bonchev–Trinajstić information content (AvgIpc) is 2.95. The van der Waals surface area contributed by atoms with Gasteiger partial charge in [-0.15, -0.1) is 0 Å². The van der Waals surface area contributed by atoms with Crippen molar-refractivity contribution in [1.82, 2.24) is 9.80 Å². The number of phosphoric ester groups is 1. The van der Waals surface area contributed by atoms with Crippen LogP contribution in [0.5, 0.6) is 0 Å². The lowest BCUT2D eigenvalue weighted by molar-refractivity contribution is -0.0697. The number of amides is 2. The molecule has 1 saturated heterocycles. The number of nitrogens with zero attached hydrogens (tertiary/aromatic N) is 2. The molecule has 2 heterocycles. The van der Waals surface area contributed by atoms with Crippen LogP contribution >= 0.6 is 7.82 Å². The van der Waals surface area contributed by atoms with E-state index in [0.717, 1.165) is 17.0 Å². The number of rotatable bonds is 7. The molecule has 3 rings (SSSR count). The molecule has 13 heteroatoms. The summed E-state index contributed by atoms with van der Waals surface area (Å²) in [4.78, 5) is 33.0. The summed E-state index contributed by atoms with van der Waals surface area (Å²) in [6, 6.07) is 2.60. The fraction of sp³-hybridized carbons (Fsp3) is 0.500. The minimum absolute atomic E-state index is 0.0964. The van der Waals surface area contributed by atoms with E-state index in [4.69, 9.17) is 14.5 Å². The van der Waals surface area contributed by atoms with Crippen LogP contribution in [0.25, 0.3) is 0 Å². The van der Waals surface area contributed by atoms with Crippen molar-refractivity contribution >= 4 is 13.9 Å². The first-order chi connectivity index (χ1) is 14.5. The molecular formula is C18H23F2N2O8P. The van der Waals surface area contributed by atoms with Gasteiger partial charge in [-0.2, -0.15) is 0 Å². The highest BCUT2D eigenvalue weighted by atomic mass is 31.2. The Morgan fingerprint density at radius 3 is 2.61 bits per heavy atom. The number of carbonyl (C=O) groups is 1. The van der Waals surface area contributed by atoms with Crippen LogP contribution in [0.1, 0.15) is 12.5 Å². The summed E-state index contributed by atoms with van der Waals surface area (Å²) >= 11 is 0. The van der Waals surface area contributed by atoms with Gasteiger partial charge in [0.25, 0.3) is 0 Å². The smallest absolute Gasteiger partial charge is 0.387 e. The van der Waals surface area contributed by atoms with Crippen LogP contribution in [0.4, 0.5) is 13.6 Å². The number of benzene rings is 1. The third-order valence-corrected chi connectivity index (χ3v) is 5.46. The number of ether oxygens (including phenoxy) is 1. The van der Waals surface area contributed by atoms with E-state index in [9.17, 15) is 28.4 Å². The summed E-state index contributed by atoms with van der Waals surface area (Å²) in [5.74, 6) is -1.43. The second-order valence-electron chi connectivity index (χ2n) is 7.41. The van der Waals surface area contributed by atoms with Gasteiger partial charge in [0.05, 0.1) is 6.61 Å². The molecule has 1 fully saturated rings. The Kier molecular flexibility index (Phi) is 7.11. The highest BCUT2D eigenvalue weighted by Gasteiger charge is 2.48. The third kappa shape index (κ3) is 5.66. The van der Waals surface area contributed by atoms with Crippen LogP contribution in [-0.2, 0) is 20.2 Å². The van der Waals surface area contributed by atoms with E-state index in [2.05, 4.69) is 4.52 Å². The molecule has 1 aromatic carbocycles. The van der Waals surface area contributed by atoms with Crippen molar-refractivity contribution in [2.24, 2.45) is 0 Å². The van der Waals surface area contributed by atoms with Gasteiger partial charge in [-0.1, -0.05) is 6.07 Å².